The van der Waals surface area contributed by atoms with Crippen LogP contribution in [0.15, 0.2) is 23.2 Å². The number of nitrogens with zero attached hydrogens (tertiary/aromatic N) is 2. The molecule has 1 aliphatic heterocycles. The zero-order valence-electron chi connectivity index (χ0n) is 9.83. The quantitative estimate of drug-likeness (QED) is 0.862. The van der Waals surface area contributed by atoms with Crippen molar-refractivity contribution in [2.75, 3.05) is 12.3 Å². The maximum absolute atomic E-state index is 12.4. The van der Waals surface area contributed by atoms with Crippen molar-refractivity contribution in [2.45, 2.75) is 37.1 Å². The van der Waals surface area contributed by atoms with Gasteiger partial charge >= 0.3 is 0 Å². The van der Waals surface area contributed by atoms with E-state index in [1.165, 1.54) is 16.6 Å². The Morgan fingerprint density at radius 1 is 1.47 bits per heavy atom. The Balaban J connectivity index is 2.39. The molecule has 1 aromatic rings. The lowest BCUT2D eigenvalue weighted by Gasteiger charge is -2.32. The summed E-state index contributed by atoms with van der Waals surface area (Å²) in [6.45, 7) is 2.50. The highest BCUT2D eigenvalue weighted by Crippen LogP contribution is 2.26. The highest BCUT2D eigenvalue weighted by molar-refractivity contribution is 7.89. The minimum atomic E-state index is -3.50. The van der Waals surface area contributed by atoms with E-state index in [-0.39, 0.29) is 16.8 Å². The molecular weight excluding hydrogens is 238 g/mol. The maximum Gasteiger partial charge on any atom is 0.246 e. The van der Waals surface area contributed by atoms with Crippen LogP contribution in [0.1, 0.15) is 26.2 Å². The molecule has 2 heterocycles. The van der Waals surface area contributed by atoms with E-state index in [0.29, 0.717) is 6.54 Å². The summed E-state index contributed by atoms with van der Waals surface area (Å²) in [4.78, 5) is 3.96. The Bertz CT molecular complexity index is 501. The van der Waals surface area contributed by atoms with Crippen molar-refractivity contribution in [1.82, 2.24) is 9.29 Å². The predicted octanol–water partition coefficient (Wildman–Crippen LogP) is 1.23. The van der Waals surface area contributed by atoms with Gasteiger partial charge in [-0.1, -0.05) is 6.42 Å². The van der Waals surface area contributed by atoms with Gasteiger partial charge in [-0.05, 0) is 31.9 Å². The fourth-order valence-corrected chi connectivity index (χ4v) is 3.94. The summed E-state index contributed by atoms with van der Waals surface area (Å²) >= 11 is 0. The van der Waals surface area contributed by atoms with E-state index >= 15 is 0 Å². The molecule has 0 aliphatic carbocycles. The van der Waals surface area contributed by atoms with E-state index in [4.69, 9.17) is 5.73 Å². The van der Waals surface area contributed by atoms with E-state index in [9.17, 15) is 8.42 Å². The van der Waals surface area contributed by atoms with Crippen LogP contribution in [-0.4, -0.2) is 30.3 Å². The summed E-state index contributed by atoms with van der Waals surface area (Å²) in [5, 5.41) is 0. The lowest BCUT2D eigenvalue weighted by Crippen LogP contribution is -2.42. The minimum absolute atomic E-state index is 0.0355. The van der Waals surface area contributed by atoms with E-state index in [2.05, 4.69) is 4.98 Å². The number of piperidine rings is 1. The van der Waals surface area contributed by atoms with Gasteiger partial charge in [-0.25, -0.2) is 13.4 Å². The van der Waals surface area contributed by atoms with Crippen molar-refractivity contribution in [3.05, 3.63) is 18.3 Å². The van der Waals surface area contributed by atoms with Gasteiger partial charge in [0.25, 0.3) is 0 Å². The van der Waals surface area contributed by atoms with Crippen LogP contribution in [-0.2, 0) is 10.0 Å². The van der Waals surface area contributed by atoms with Crippen molar-refractivity contribution in [3.8, 4) is 0 Å². The molecule has 1 atom stereocenters. The van der Waals surface area contributed by atoms with Crippen molar-refractivity contribution in [3.63, 3.8) is 0 Å². The third-order valence-electron chi connectivity index (χ3n) is 3.13. The topological polar surface area (TPSA) is 76.3 Å². The molecule has 1 aromatic heterocycles. The molecule has 1 saturated heterocycles. The van der Waals surface area contributed by atoms with Crippen LogP contribution in [0.5, 0.6) is 0 Å². The van der Waals surface area contributed by atoms with Crippen molar-refractivity contribution in [1.29, 1.82) is 0 Å². The van der Waals surface area contributed by atoms with Crippen molar-refractivity contribution >= 4 is 15.8 Å². The molecule has 1 unspecified atom stereocenters. The Kier molecular flexibility index (Phi) is 3.35. The Morgan fingerprint density at radius 3 is 2.88 bits per heavy atom. The number of hydrogen-bond donors (Lipinski definition) is 1. The zero-order valence-corrected chi connectivity index (χ0v) is 10.7. The predicted molar refractivity (Wildman–Crippen MR) is 65.9 cm³/mol. The Morgan fingerprint density at radius 2 is 2.24 bits per heavy atom. The van der Waals surface area contributed by atoms with E-state index in [0.717, 1.165) is 19.3 Å². The van der Waals surface area contributed by atoms with Gasteiger partial charge in [0.1, 0.15) is 10.7 Å². The zero-order chi connectivity index (χ0) is 12.5. The summed E-state index contributed by atoms with van der Waals surface area (Å²) in [5.74, 6) is 0.0743. The molecule has 94 valence electrons. The van der Waals surface area contributed by atoms with Gasteiger partial charge < -0.3 is 5.73 Å². The first-order valence-electron chi connectivity index (χ1n) is 5.76. The fourth-order valence-electron chi connectivity index (χ4n) is 2.18. The van der Waals surface area contributed by atoms with Crippen molar-refractivity contribution in [2.24, 2.45) is 0 Å². The molecule has 6 heteroatoms. The number of nitrogen functional groups attached to an aromatic ring is 1. The Labute approximate surface area is 102 Å². The second-order valence-electron chi connectivity index (χ2n) is 4.35. The SMILES string of the molecule is CC1CCCCN1S(=O)(=O)c1cccnc1N. The number of anilines is 1. The number of rotatable bonds is 2. The van der Waals surface area contributed by atoms with Crippen LogP contribution < -0.4 is 5.73 Å². The molecule has 2 rings (SSSR count). The van der Waals surface area contributed by atoms with Crippen molar-refractivity contribution < 1.29 is 8.42 Å². The highest BCUT2D eigenvalue weighted by atomic mass is 32.2. The summed E-state index contributed by atoms with van der Waals surface area (Å²) in [6.07, 6.45) is 4.38. The molecule has 0 saturated carbocycles. The van der Waals surface area contributed by atoms with Crippen LogP contribution in [0.2, 0.25) is 0 Å². The number of sulfonamides is 1. The normalized spacial score (nSPS) is 22.5. The second-order valence-corrected chi connectivity index (χ2v) is 6.21. The number of aromatic nitrogens is 1. The van der Waals surface area contributed by atoms with Crippen LogP contribution in [0.4, 0.5) is 5.82 Å². The summed E-state index contributed by atoms with van der Waals surface area (Å²) in [6, 6.07) is 3.14. The monoisotopic (exact) mass is 255 g/mol. The molecule has 5 nitrogen and oxygen atoms in total. The number of hydrogen-bond acceptors (Lipinski definition) is 4. The van der Waals surface area contributed by atoms with E-state index in [1.54, 1.807) is 6.07 Å². The smallest absolute Gasteiger partial charge is 0.246 e. The van der Waals surface area contributed by atoms with Gasteiger partial charge in [0.05, 0.1) is 0 Å². The molecule has 0 amide bonds. The highest BCUT2D eigenvalue weighted by Gasteiger charge is 2.32. The number of pyridine rings is 1. The van der Waals surface area contributed by atoms with Gasteiger partial charge in [-0.3, -0.25) is 0 Å². The van der Waals surface area contributed by atoms with Crippen LogP contribution in [0, 0.1) is 0 Å². The minimum Gasteiger partial charge on any atom is -0.383 e. The molecular formula is C11H17N3O2S. The maximum atomic E-state index is 12.4. The summed E-state index contributed by atoms with van der Waals surface area (Å²) in [5.41, 5.74) is 5.64. The summed E-state index contributed by atoms with van der Waals surface area (Å²) in [7, 11) is -3.50. The van der Waals surface area contributed by atoms with Gasteiger partial charge in [0, 0.05) is 18.8 Å². The second kappa shape index (κ2) is 4.62. The van der Waals surface area contributed by atoms with Crippen LogP contribution in [0.3, 0.4) is 0 Å². The average molecular weight is 255 g/mol. The Hall–Kier alpha value is -1.14. The molecule has 0 bridgehead atoms. The lowest BCUT2D eigenvalue weighted by atomic mass is 10.1. The lowest BCUT2D eigenvalue weighted by molar-refractivity contribution is 0.269. The van der Waals surface area contributed by atoms with Crippen LogP contribution in [0.25, 0.3) is 0 Å². The molecule has 2 N–H and O–H groups in total. The van der Waals surface area contributed by atoms with Gasteiger partial charge in [0.15, 0.2) is 0 Å². The van der Waals surface area contributed by atoms with Gasteiger partial charge in [-0.2, -0.15) is 4.31 Å². The first-order valence-corrected chi connectivity index (χ1v) is 7.20. The largest absolute Gasteiger partial charge is 0.383 e. The molecule has 0 radical (unpaired) electrons. The third kappa shape index (κ3) is 2.28. The van der Waals surface area contributed by atoms with E-state index < -0.39 is 10.0 Å². The average Bonchev–Trinajstić information content (AvgIpc) is 2.29. The van der Waals surface area contributed by atoms with Gasteiger partial charge in [0.2, 0.25) is 10.0 Å². The molecule has 0 aromatic carbocycles. The molecule has 17 heavy (non-hydrogen) atoms. The van der Waals surface area contributed by atoms with E-state index in [1.807, 2.05) is 6.92 Å². The molecule has 1 aliphatic rings. The standard InChI is InChI=1S/C11H17N3O2S/c1-9-5-2-3-8-14(9)17(15,16)10-6-4-7-13-11(10)12/h4,6-7,9H,2-3,5,8H2,1H3,(H2,12,13). The van der Waals surface area contributed by atoms with Gasteiger partial charge in [-0.15, -0.1) is 0 Å². The first-order chi connectivity index (χ1) is 8.03. The summed E-state index contributed by atoms with van der Waals surface area (Å²) < 4.78 is 26.4. The number of nitrogens with two attached hydrogens (primary N) is 1. The molecule has 0 spiro atoms. The fraction of sp³-hybridized carbons (Fsp3) is 0.545. The van der Waals surface area contributed by atoms with Crippen LogP contribution >= 0.6 is 0 Å². The first kappa shape index (κ1) is 12.3. The third-order valence-corrected chi connectivity index (χ3v) is 5.19. The molecule has 1 fully saturated rings.